The summed E-state index contributed by atoms with van der Waals surface area (Å²) in [4.78, 5) is 0.178. The van der Waals surface area contributed by atoms with E-state index in [9.17, 15) is 8.42 Å². The fraction of sp³-hybridized carbons (Fsp3) is 0.333. The number of hydrogen-bond acceptors (Lipinski definition) is 6. The summed E-state index contributed by atoms with van der Waals surface area (Å²) in [6.07, 6.45) is 1.80. The molecule has 7 heteroatoms. The molecule has 0 aliphatic rings. The highest BCUT2D eigenvalue weighted by Gasteiger charge is 2.21. The number of anilines is 1. The van der Waals surface area contributed by atoms with Gasteiger partial charge >= 0.3 is 10.1 Å². The van der Waals surface area contributed by atoms with Crippen LogP contribution in [0.3, 0.4) is 0 Å². The fourth-order valence-corrected chi connectivity index (χ4v) is 5.05. The van der Waals surface area contributed by atoms with E-state index in [1.807, 2.05) is 67.6 Å². The standard InChI is InChI=1S/C27H34N2O4S/c1-19(2)11-12-24-17-25(32-18-23-9-7-6-8-10-23)13-14-26(24)28-29-33-34(30,31)27-21(4)15-20(3)16-22(27)5/h6-10,13-17,19,28-29H,11-12,18H2,1-5H3. The molecule has 0 aromatic heterocycles. The van der Waals surface area contributed by atoms with Crippen LogP contribution in [0.25, 0.3) is 0 Å². The van der Waals surface area contributed by atoms with Crippen LogP contribution in [-0.4, -0.2) is 8.42 Å². The SMILES string of the molecule is Cc1cc(C)c(S(=O)(=O)ONNc2ccc(OCc3ccccc3)cc2CCC(C)C)c(C)c1. The van der Waals surface area contributed by atoms with Gasteiger partial charge in [0.1, 0.15) is 17.3 Å². The molecule has 0 amide bonds. The summed E-state index contributed by atoms with van der Waals surface area (Å²) in [5, 5.41) is 0. The monoisotopic (exact) mass is 482 g/mol. The molecule has 2 N–H and O–H groups in total. The highest BCUT2D eigenvalue weighted by atomic mass is 32.2. The average Bonchev–Trinajstić information content (AvgIpc) is 2.76. The normalized spacial score (nSPS) is 11.6. The Kier molecular flexibility index (Phi) is 8.72. The van der Waals surface area contributed by atoms with Gasteiger partial charge in [0.15, 0.2) is 0 Å². The van der Waals surface area contributed by atoms with Crippen LogP contribution >= 0.6 is 0 Å². The third kappa shape index (κ3) is 7.06. The van der Waals surface area contributed by atoms with E-state index < -0.39 is 10.1 Å². The first kappa shape index (κ1) is 25.7. The number of hydrogen-bond donors (Lipinski definition) is 2. The van der Waals surface area contributed by atoms with E-state index in [-0.39, 0.29) is 4.90 Å². The van der Waals surface area contributed by atoms with E-state index in [1.165, 1.54) is 0 Å². The first-order valence-corrected chi connectivity index (χ1v) is 12.9. The molecule has 3 aromatic rings. The molecular weight excluding hydrogens is 448 g/mol. The van der Waals surface area contributed by atoms with Crippen molar-refractivity contribution >= 4 is 15.8 Å². The molecule has 6 nitrogen and oxygen atoms in total. The molecule has 182 valence electrons. The van der Waals surface area contributed by atoms with Gasteiger partial charge in [0, 0.05) is 0 Å². The van der Waals surface area contributed by atoms with Crippen LogP contribution in [0.5, 0.6) is 5.75 Å². The van der Waals surface area contributed by atoms with E-state index in [4.69, 9.17) is 9.02 Å². The van der Waals surface area contributed by atoms with Gasteiger partial charge in [0.2, 0.25) is 0 Å². The highest BCUT2D eigenvalue weighted by Crippen LogP contribution is 2.26. The molecule has 34 heavy (non-hydrogen) atoms. The largest absolute Gasteiger partial charge is 0.489 e. The van der Waals surface area contributed by atoms with E-state index >= 15 is 0 Å². The van der Waals surface area contributed by atoms with Gasteiger partial charge in [-0.1, -0.05) is 67.5 Å². The van der Waals surface area contributed by atoms with Crippen molar-refractivity contribution in [2.75, 3.05) is 5.43 Å². The van der Waals surface area contributed by atoms with E-state index in [1.54, 1.807) is 13.8 Å². The van der Waals surface area contributed by atoms with E-state index in [0.29, 0.717) is 23.7 Å². The van der Waals surface area contributed by atoms with Crippen molar-refractivity contribution in [1.29, 1.82) is 0 Å². The Bertz CT molecular complexity index is 1190. The fourth-order valence-electron chi connectivity index (χ4n) is 3.91. The van der Waals surface area contributed by atoms with E-state index in [0.717, 1.165) is 41.0 Å². The van der Waals surface area contributed by atoms with Gasteiger partial charge in [0.05, 0.1) is 5.69 Å². The Labute approximate surface area is 203 Å². The Morgan fingerprint density at radius 2 is 1.59 bits per heavy atom. The second-order valence-corrected chi connectivity index (χ2v) is 10.5. The maximum absolute atomic E-state index is 12.8. The first-order valence-electron chi connectivity index (χ1n) is 11.5. The summed E-state index contributed by atoms with van der Waals surface area (Å²) in [5.41, 5.74) is 10.5. The lowest BCUT2D eigenvalue weighted by Crippen LogP contribution is -2.27. The second-order valence-electron chi connectivity index (χ2n) is 9.02. The van der Waals surface area contributed by atoms with Crippen molar-refractivity contribution in [3.05, 3.63) is 88.5 Å². The Hall–Kier alpha value is -2.87. The molecule has 0 atom stereocenters. The minimum Gasteiger partial charge on any atom is -0.489 e. The molecule has 0 aliphatic heterocycles. The molecule has 0 aliphatic carbocycles. The summed E-state index contributed by atoms with van der Waals surface area (Å²) in [7, 11) is -3.99. The number of rotatable bonds is 11. The van der Waals surface area contributed by atoms with Crippen LogP contribution in [-0.2, 0) is 27.4 Å². The lowest BCUT2D eigenvalue weighted by Gasteiger charge is -2.17. The maximum Gasteiger partial charge on any atom is 0.314 e. The molecular formula is C27H34N2O4S. The van der Waals surface area contributed by atoms with Gasteiger partial charge in [-0.3, -0.25) is 5.43 Å². The smallest absolute Gasteiger partial charge is 0.314 e. The molecule has 0 spiro atoms. The zero-order valence-electron chi connectivity index (χ0n) is 20.5. The van der Waals surface area contributed by atoms with Crippen LogP contribution in [0.15, 0.2) is 65.6 Å². The average molecular weight is 483 g/mol. The number of nitrogens with one attached hydrogen (secondary N) is 2. The zero-order valence-corrected chi connectivity index (χ0v) is 21.3. The topological polar surface area (TPSA) is 76.7 Å². The van der Waals surface area contributed by atoms with Gasteiger partial charge in [-0.05, 0) is 80.0 Å². The molecule has 0 unspecified atom stereocenters. The summed E-state index contributed by atoms with van der Waals surface area (Å²) >= 11 is 0. The molecule has 0 heterocycles. The molecule has 0 saturated carbocycles. The minimum absolute atomic E-state index is 0.178. The van der Waals surface area contributed by atoms with Gasteiger partial charge < -0.3 is 4.74 Å². The molecule has 0 bridgehead atoms. The molecule has 3 aromatic carbocycles. The Morgan fingerprint density at radius 1 is 0.912 bits per heavy atom. The summed E-state index contributed by atoms with van der Waals surface area (Å²) < 4.78 is 36.7. The predicted molar refractivity (Wildman–Crippen MR) is 136 cm³/mol. The minimum atomic E-state index is -3.99. The number of hydrazine groups is 1. The first-order chi connectivity index (χ1) is 16.2. The molecule has 3 rings (SSSR count). The number of ether oxygens (including phenoxy) is 1. The molecule has 0 radical (unpaired) electrons. The number of benzene rings is 3. The predicted octanol–water partition coefficient (Wildman–Crippen LogP) is 6.02. The van der Waals surface area contributed by atoms with Crippen LogP contribution in [0.1, 0.15) is 48.1 Å². The lowest BCUT2D eigenvalue weighted by molar-refractivity contribution is 0.229. The summed E-state index contributed by atoms with van der Waals surface area (Å²) in [6, 6.07) is 19.4. The van der Waals surface area contributed by atoms with E-state index in [2.05, 4.69) is 24.9 Å². The van der Waals surface area contributed by atoms with Crippen LogP contribution in [0.2, 0.25) is 0 Å². The van der Waals surface area contributed by atoms with Gasteiger partial charge in [-0.25, -0.2) is 0 Å². The highest BCUT2D eigenvalue weighted by molar-refractivity contribution is 7.86. The van der Waals surface area contributed by atoms with Crippen molar-refractivity contribution in [2.45, 2.75) is 59.0 Å². The number of aryl methyl sites for hydroxylation is 4. The van der Waals surface area contributed by atoms with Crippen molar-refractivity contribution in [3.8, 4) is 5.75 Å². The second kappa shape index (κ2) is 11.5. The van der Waals surface area contributed by atoms with Crippen molar-refractivity contribution in [1.82, 2.24) is 5.59 Å². The van der Waals surface area contributed by atoms with Crippen molar-refractivity contribution in [3.63, 3.8) is 0 Å². The van der Waals surface area contributed by atoms with Gasteiger partial charge in [-0.15, -0.1) is 0 Å². The van der Waals surface area contributed by atoms with Gasteiger partial charge in [0.25, 0.3) is 0 Å². The zero-order chi connectivity index (χ0) is 24.7. The van der Waals surface area contributed by atoms with Crippen LogP contribution in [0, 0.1) is 26.7 Å². The van der Waals surface area contributed by atoms with Crippen molar-refractivity contribution < 1.29 is 17.4 Å². The third-order valence-electron chi connectivity index (χ3n) is 5.51. The maximum atomic E-state index is 12.8. The van der Waals surface area contributed by atoms with Crippen molar-refractivity contribution in [2.24, 2.45) is 5.92 Å². The quantitative estimate of drug-likeness (QED) is 0.326. The summed E-state index contributed by atoms with van der Waals surface area (Å²) in [6.45, 7) is 10.3. The third-order valence-corrected chi connectivity index (χ3v) is 6.95. The van der Waals surface area contributed by atoms with Gasteiger partial charge in [-0.2, -0.15) is 12.7 Å². The molecule has 0 fully saturated rings. The Balaban J connectivity index is 1.71. The Morgan fingerprint density at radius 3 is 2.24 bits per heavy atom. The lowest BCUT2D eigenvalue weighted by atomic mass is 10.0. The van der Waals surface area contributed by atoms with Crippen LogP contribution < -0.4 is 15.8 Å². The molecule has 0 saturated heterocycles. The van der Waals surface area contributed by atoms with Crippen LogP contribution in [0.4, 0.5) is 5.69 Å². The summed E-state index contributed by atoms with van der Waals surface area (Å²) in [5.74, 6) is 1.28.